The van der Waals surface area contributed by atoms with Crippen molar-refractivity contribution in [1.29, 1.82) is 5.26 Å². The first-order valence-corrected chi connectivity index (χ1v) is 12.2. The fourth-order valence-electron chi connectivity index (χ4n) is 4.02. The Bertz CT molecular complexity index is 1280. The molecule has 0 spiro atoms. The molecule has 0 aliphatic heterocycles. The molecule has 1 aliphatic carbocycles. The average Bonchev–Trinajstić information content (AvgIpc) is 3.63. The van der Waals surface area contributed by atoms with E-state index in [1.807, 2.05) is 30.3 Å². The van der Waals surface area contributed by atoms with E-state index in [0.717, 1.165) is 43.5 Å². The van der Waals surface area contributed by atoms with Crippen LogP contribution >= 0.6 is 0 Å². The number of hydrogen-bond acceptors (Lipinski definition) is 5. The number of unbranched alkanes of at least 4 members (excludes halogenated alkanes) is 2. The number of nitrogens with zero attached hydrogens (tertiary/aromatic N) is 4. The summed E-state index contributed by atoms with van der Waals surface area (Å²) in [5.74, 6) is 0.602. The molecule has 1 aromatic heterocycles. The molecule has 36 heavy (non-hydrogen) atoms. The van der Waals surface area contributed by atoms with Crippen LogP contribution in [0, 0.1) is 17.1 Å². The van der Waals surface area contributed by atoms with Crippen LogP contribution in [0.2, 0.25) is 0 Å². The topological polar surface area (TPSA) is 83.0 Å². The largest absolute Gasteiger partial charge is 0.339 e. The van der Waals surface area contributed by atoms with Crippen LogP contribution in [-0.4, -0.2) is 22.6 Å². The molecule has 1 saturated carbocycles. The van der Waals surface area contributed by atoms with Crippen LogP contribution in [-0.2, 0) is 11.2 Å². The summed E-state index contributed by atoms with van der Waals surface area (Å²) in [7, 11) is 0. The number of rotatable bonds is 12. The summed E-state index contributed by atoms with van der Waals surface area (Å²) in [5.41, 5.74) is 2.04. The summed E-state index contributed by atoms with van der Waals surface area (Å²) >= 11 is 0. The molecule has 0 bridgehead atoms. The molecule has 3 aromatic rings. The van der Waals surface area contributed by atoms with Gasteiger partial charge in [0.15, 0.2) is 5.82 Å². The number of hydrogen-bond donors (Lipinski definition) is 0. The third kappa shape index (κ3) is 6.63. The van der Waals surface area contributed by atoms with Crippen molar-refractivity contribution in [2.75, 3.05) is 11.4 Å². The predicted octanol–water partition coefficient (Wildman–Crippen LogP) is 6.63. The highest BCUT2D eigenvalue weighted by molar-refractivity contribution is 5.94. The molecule has 1 aliphatic rings. The van der Waals surface area contributed by atoms with E-state index < -0.39 is 11.6 Å². The van der Waals surface area contributed by atoms with Crippen molar-refractivity contribution in [3.05, 3.63) is 78.0 Å². The van der Waals surface area contributed by atoms with Crippen LogP contribution < -0.4 is 4.90 Å². The van der Waals surface area contributed by atoms with Gasteiger partial charge in [0, 0.05) is 37.4 Å². The number of nitriles is 1. The summed E-state index contributed by atoms with van der Waals surface area (Å²) in [6, 6.07) is 13.5. The van der Waals surface area contributed by atoms with E-state index in [1.165, 1.54) is 12.1 Å². The molecule has 6 nitrogen and oxygen atoms in total. The number of benzene rings is 2. The van der Waals surface area contributed by atoms with Crippen molar-refractivity contribution in [3.8, 4) is 17.2 Å². The highest BCUT2D eigenvalue weighted by atomic mass is 19.1. The molecule has 4 rings (SSSR count). The summed E-state index contributed by atoms with van der Waals surface area (Å²) in [6.45, 7) is 3.72. The highest BCUT2D eigenvalue weighted by Gasteiger charge is 2.28. The average molecular weight is 491 g/mol. The highest BCUT2D eigenvalue weighted by Crippen LogP contribution is 2.38. The number of amides is 1. The lowest BCUT2D eigenvalue weighted by Crippen LogP contribution is -2.31. The van der Waals surface area contributed by atoms with Gasteiger partial charge in [-0.15, -0.1) is 0 Å². The number of allylic oxidation sites excluding steroid dienone is 1. The van der Waals surface area contributed by atoms with E-state index in [-0.39, 0.29) is 24.3 Å². The Morgan fingerprint density at radius 2 is 1.94 bits per heavy atom. The molecule has 0 radical (unpaired) electrons. The molecular weight excluding hydrogens is 462 g/mol. The zero-order chi connectivity index (χ0) is 25.5. The van der Waals surface area contributed by atoms with Crippen molar-refractivity contribution in [3.63, 3.8) is 0 Å². The van der Waals surface area contributed by atoms with Crippen molar-refractivity contribution in [2.24, 2.45) is 0 Å². The number of anilines is 1. The second-order valence-electron chi connectivity index (χ2n) is 9.05. The van der Waals surface area contributed by atoms with Gasteiger partial charge in [0.1, 0.15) is 11.9 Å². The molecule has 1 heterocycles. The lowest BCUT2D eigenvalue weighted by Gasteiger charge is -2.24. The van der Waals surface area contributed by atoms with Crippen LogP contribution in [0.3, 0.4) is 0 Å². The van der Waals surface area contributed by atoms with Crippen molar-refractivity contribution < 1.29 is 18.1 Å². The standard InChI is InChI=1S/C28H28F2N4O2/c1-19(29)9-14-27(35)34(15-4-2-3-8-26-32-28(33-36-26)20-10-11-20)24-7-5-6-21(17-24)22-12-13-25(30)23(16-22)18-31/h5-7,12-13,16-17,20H,1-4,8-11,14-15H2. The fraction of sp³-hybridized carbons (Fsp3) is 0.357. The van der Waals surface area contributed by atoms with Gasteiger partial charge in [-0.3, -0.25) is 4.79 Å². The Morgan fingerprint density at radius 1 is 1.14 bits per heavy atom. The van der Waals surface area contributed by atoms with Gasteiger partial charge in [-0.2, -0.15) is 10.2 Å². The first-order chi connectivity index (χ1) is 17.4. The maximum atomic E-state index is 13.8. The van der Waals surface area contributed by atoms with Gasteiger partial charge in [0.05, 0.1) is 11.4 Å². The molecule has 1 amide bonds. The van der Waals surface area contributed by atoms with Crippen LogP contribution in [0.4, 0.5) is 14.5 Å². The molecule has 0 atom stereocenters. The van der Waals surface area contributed by atoms with Gasteiger partial charge in [-0.1, -0.05) is 36.4 Å². The van der Waals surface area contributed by atoms with E-state index in [0.29, 0.717) is 36.0 Å². The number of carbonyl (C=O) groups excluding carboxylic acids is 1. The Balaban J connectivity index is 1.42. The van der Waals surface area contributed by atoms with Gasteiger partial charge in [0.2, 0.25) is 11.8 Å². The molecule has 0 saturated heterocycles. The van der Waals surface area contributed by atoms with Gasteiger partial charge in [0.25, 0.3) is 0 Å². The molecule has 8 heteroatoms. The fourth-order valence-corrected chi connectivity index (χ4v) is 4.02. The lowest BCUT2D eigenvalue weighted by molar-refractivity contribution is -0.118. The van der Waals surface area contributed by atoms with Crippen LogP contribution in [0.1, 0.15) is 68.1 Å². The van der Waals surface area contributed by atoms with E-state index in [9.17, 15) is 13.6 Å². The second-order valence-corrected chi connectivity index (χ2v) is 9.05. The zero-order valence-corrected chi connectivity index (χ0v) is 20.1. The lowest BCUT2D eigenvalue weighted by atomic mass is 10.0. The minimum absolute atomic E-state index is 0.0145. The number of aryl methyl sites for hydroxylation is 1. The maximum Gasteiger partial charge on any atom is 0.227 e. The Labute approximate surface area is 209 Å². The van der Waals surface area contributed by atoms with E-state index in [4.69, 9.17) is 9.78 Å². The van der Waals surface area contributed by atoms with E-state index in [2.05, 4.69) is 16.7 Å². The first kappa shape index (κ1) is 25.2. The third-order valence-corrected chi connectivity index (χ3v) is 6.19. The van der Waals surface area contributed by atoms with Crippen LogP contribution in [0.5, 0.6) is 0 Å². The molecule has 2 aromatic carbocycles. The third-order valence-electron chi connectivity index (χ3n) is 6.19. The zero-order valence-electron chi connectivity index (χ0n) is 20.1. The molecule has 186 valence electrons. The second kappa shape index (κ2) is 11.7. The summed E-state index contributed by atoms with van der Waals surface area (Å²) < 4.78 is 32.3. The minimum Gasteiger partial charge on any atom is -0.339 e. The van der Waals surface area contributed by atoms with Gasteiger partial charge in [-0.05, 0) is 61.1 Å². The molecule has 0 unspecified atom stereocenters. The van der Waals surface area contributed by atoms with Gasteiger partial charge in [-0.25, -0.2) is 8.78 Å². The Morgan fingerprint density at radius 3 is 2.69 bits per heavy atom. The monoisotopic (exact) mass is 490 g/mol. The van der Waals surface area contributed by atoms with Crippen LogP contribution in [0.15, 0.2) is 59.4 Å². The van der Waals surface area contributed by atoms with Crippen LogP contribution in [0.25, 0.3) is 11.1 Å². The molecular formula is C28H28F2N4O2. The predicted molar refractivity (Wildman–Crippen MR) is 132 cm³/mol. The number of halogens is 2. The summed E-state index contributed by atoms with van der Waals surface area (Å²) in [6.07, 6.45) is 5.37. The summed E-state index contributed by atoms with van der Waals surface area (Å²) in [4.78, 5) is 19.1. The first-order valence-electron chi connectivity index (χ1n) is 12.2. The van der Waals surface area contributed by atoms with Crippen molar-refractivity contribution in [2.45, 2.75) is 57.3 Å². The van der Waals surface area contributed by atoms with Crippen molar-refractivity contribution in [1.82, 2.24) is 10.1 Å². The Hall–Kier alpha value is -3.86. The van der Waals surface area contributed by atoms with E-state index >= 15 is 0 Å². The Kier molecular flexibility index (Phi) is 8.21. The smallest absolute Gasteiger partial charge is 0.227 e. The van der Waals surface area contributed by atoms with E-state index in [1.54, 1.807) is 11.0 Å². The molecule has 1 fully saturated rings. The van der Waals surface area contributed by atoms with Crippen molar-refractivity contribution >= 4 is 11.6 Å². The number of aromatic nitrogens is 2. The molecule has 0 N–H and O–H groups in total. The summed E-state index contributed by atoms with van der Waals surface area (Å²) in [5, 5.41) is 13.2. The van der Waals surface area contributed by atoms with Gasteiger partial charge < -0.3 is 9.42 Å². The normalized spacial score (nSPS) is 12.8. The van der Waals surface area contributed by atoms with Gasteiger partial charge >= 0.3 is 0 Å². The maximum absolute atomic E-state index is 13.8. The SMILES string of the molecule is C=C(F)CCC(=O)N(CCCCCc1nc(C2CC2)no1)c1cccc(-c2ccc(F)c(C#N)c2)c1. The number of carbonyl (C=O) groups is 1. The quantitative estimate of drug-likeness (QED) is 0.266. The minimum atomic E-state index is -0.579.